The van der Waals surface area contributed by atoms with Gasteiger partial charge in [0.05, 0.1) is 5.70 Å². The maximum atomic E-state index is 6.52. The Morgan fingerprint density at radius 2 is 1.84 bits per heavy atom. The van der Waals surface area contributed by atoms with Crippen LogP contribution in [0.5, 0.6) is 5.75 Å². The molecule has 0 radical (unpaired) electrons. The second kappa shape index (κ2) is 7.08. The molecule has 4 aromatic rings. The number of benzene rings is 2. The fourth-order valence-electron chi connectivity index (χ4n) is 4.17. The molecule has 0 aliphatic carbocycles. The molecule has 2 aromatic carbocycles. The summed E-state index contributed by atoms with van der Waals surface area (Å²) in [6, 6.07) is 16.8. The van der Waals surface area contributed by atoms with Gasteiger partial charge in [-0.2, -0.15) is 4.68 Å². The number of nitrogens with zero attached hydrogens (tertiary/aromatic N) is 5. The molecule has 4 heterocycles. The molecular formula is C22H14Cl2N6O. The summed E-state index contributed by atoms with van der Waals surface area (Å²) in [5, 5.41) is 16.9. The summed E-state index contributed by atoms with van der Waals surface area (Å²) in [5.74, 6) is 1.25. The Hall–Kier alpha value is -3.42. The summed E-state index contributed by atoms with van der Waals surface area (Å²) < 4.78 is 8.27. The highest BCUT2D eigenvalue weighted by molar-refractivity contribution is 6.31. The Kier molecular flexibility index (Phi) is 4.19. The number of pyridine rings is 1. The van der Waals surface area contributed by atoms with Gasteiger partial charge in [0, 0.05) is 33.6 Å². The number of rotatable bonds is 2. The first-order valence-corrected chi connectivity index (χ1v) is 10.4. The normalized spacial score (nSPS) is 19.0. The minimum absolute atomic E-state index is 0.328. The first-order chi connectivity index (χ1) is 15.2. The molecule has 152 valence electrons. The third-order valence-electron chi connectivity index (χ3n) is 5.45. The van der Waals surface area contributed by atoms with E-state index < -0.39 is 6.10 Å². The van der Waals surface area contributed by atoms with Gasteiger partial charge in [0.15, 0.2) is 0 Å². The first kappa shape index (κ1) is 18.4. The Labute approximate surface area is 187 Å². The molecule has 1 N–H and O–H groups in total. The van der Waals surface area contributed by atoms with Crippen molar-refractivity contribution in [2.45, 2.75) is 12.1 Å². The Balaban J connectivity index is 1.65. The van der Waals surface area contributed by atoms with Crippen LogP contribution in [0.3, 0.4) is 0 Å². The van der Waals surface area contributed by atoms with E-state index in [9.17, 15) is 0 Å². The second-order valence-electron chi connectivity index (χ2n) is 7.28. The van der Waals surface area contributed by atoms with Crippen LogP contribution in [0, 0.1) is 0 Å². The average molecular weight is 449 g/mol. The third kappa shape index (κ3) is 2.97. The zero-order valence-corrected chi connectivity index (χ0v) is 17.4. The highest BCUT2D eigenvalue weighted by Crippen LogP contribution is 2.50. The van der Waals surface area contributed by atoms with E-state index in [0.29, 0.717) is 21.7 Å². The lowest BCUT2D eigenvalue weighted by atomic mass is 9.85. The molecule has 2 aliphatic rings. The molecule has 0 fully saturated rings. The van der Waals surface area contributed by atoms with E-state index in [4.69, 9.17) is 27.9 Å². The molecule has 0 amide bonds. The van der Waals surface area contributed by atoms with Crippen molar-refractivity contribution in [3.05, 3.63) is 99.3 Å². The van der Waals surface area contributed by atoms with Crippen molar-refractivity contribution in [3.8, 4) is 5.75 Å². The number of hydrogen-bond acceptors (Lipinski definition) is 6. The van der Waals surface area contributed by atoms with E-state index in [1.807, 2.05) is 60.8 Å². The number of tetrazole rings is 1. The molecule has 7 nitrogen and oxygen atoms in total. The summed E-state index contributed by atoms with van der Waals surface area (Å²) in [7, 11) is 0. The molecule has 2 atom stereocenters. The zero-order chi connectivity index (χ0) is 20.9. The van der Waals surface area contributed by atoms with E-state index in [1.54, 1.807) is 10.9 Å². The van der Waals surface area contributed by atoms with Crippen molar-refractivity contribution in [3.63, 3.8) is 0 Å². The highest BCUT2D eigenvalue weighted by Gasteiger charge is 2.41. The number of anilines is 1. The van der Waals surface area contributed by atoms with Gasteiger partial charge in [-0.15, -0.1) is 0 Å². The molecule has 0 bridgehead atoms. The molecule has 9 heteroatoms. The van der Waals surface area contributed by atoms with Gasteiger partial charge >= 0.3 is 0 Å². The van der Waals surface area contributed by atoms with Crippen molar-refractivity contribution in [2.24, 2.45) is 0 Å². The standard InChI is InChI=1S/C22H14Cl2N6O/c23-14-5-1-3-12(9-14)21-18-19(16-10-15(24)6-7-17(16)31-21)26-22-27-28-29-30(22)20(18)13-4-2-8-25-11-13/h1-11,20-21H,(H,26,27,29)/t20-,21-/m1/s1. The van der Waals surface area contributed by atoms with Gasteiger partial charge in [-0.05, 0) is 58.0 Å². The molecule has 6 rings (SSSR count). The highest BCUT2D eigenvalue weighted by atomic mass is 35.5. The van der Waals surface area contributed by atoms with Gasteiger partial charge in [-0.3, -0.25) is 4.98 Å². The number of fused-ring (bicyclic) bond motifs is 3. The van der Waals surface area contributed by atoms with Gasteiger partial charge in [0.2, 0.25) is 5.95 Å². The van der Waals surface area contributed by atoms with Gasteiger partial charge in [-0.25, -0.2) is 0 Å². The summed E-state index contributed by atoms with van der Waals surface area (Å²) in [6.45, 7) is 0. The van der Waals surface area contributed by atoms with E-state index in [0.717, 1.165) is 28.0 Å². The van der Waals surface area contributed by atoms with E-state index in [2.05, 4.69) is 25.8 Å². The quantitative estimate of drug-likeness (QED) is 0.468. The van der Waals surface area contributed by atoms with Gasteiger partial charge in [0.1, 0.15) is 17.9 Å². The van der Waals surface area contributed by atoms with Crippen LogP contribution < -0.4 is 10.1 Å². The van der Waals surface area contributed by atoms with Gasteiger partial charge in [0.25, 0.3) is 0 Å². The molecule has 0 unspecified atom stereocenters. The fraction of sp³-hybridized carbons (Fsp3) is 0.0909. The molecule has 2 aromatic heterocycles. The van der Waals surface area contributed by atoms with Crippen molar-refractivity contribution < 1.29 is 4.74 Å². The summed E-state index contributed by atoms with van der Waals surface area (Å²) in [6.07, 6.45) is 3.13. The number of halogens is 2. The predicted octanol–water partition coefficient (Wildman–Crippen LogP) is 4.93. The van der Waals surface area contributed by atoms with Crippen LogP contribution in [0.25, 0.3) is 5.70 Å². The lowest BCUT2D eigenvalue weighted by Gasteiger charge is -2.38. The number of ether oxygens (including phenoxy) is 1. The Morgan fingerprint density at radius 3 is 2.68 bits per heavy atom. The first-order valence-electron chi connectivity index (χ1n) is 9.60. The number of aromatic nitrogens is 5. The number of nitrogens with one attached hydrogen (secondary N) is 1. The van der Waals surface area contributed by atoms with Crippen LogP contribution >= 0.6 is 23.2 Å². The smallest absolute Gasteiger partial charge is 0.248 e. The van der Waals surface area contributed by atoms with Crippen LogP contribution in [0.15, 0.2) is 72.6 Å². The molecule has 0 spiro atoms. The van der Waals surface area contributed by atoms with E-state index in [1.165, 1.54) is 0 Å². The van der Waals surface area contributed by atoms with Gasteiger partial charge < -0.3 is 10.1 Å². The maximum absolute atomic E-state index is 6.52. The van der Waals surface area contributed by atoms with E-state index >= 15 is 0 Å². The molecule has 31 heavy (non-hydrogen) atoms. The minimum atomic E-state index is -0.419. The number of hydrogen-bond donors (Lipinski definition) is 1. The fourth-order valence-corrected chi connectivity index (χ4v) is 4.54. The van der Waals surface area contributed by atoms with Crippen molar-refractivity contribution >= 4 is 34.8 Å². The van der Waals surface area contributed by atoms with Crippen molar-refractivity contribution in [1.29, 1.82) is 0 Å². The summed E-state index contributed by atoms with van der Waals surface area (Å²) in [5.41, 5.74) is 4.53. The Morgan fingerprint density at radius 1 is 0.968 bits per heavy atom. The third-order valence-corrected chi connectivity index (χ3v) is 5.92. The minimum Gasteiger partial charge on any atom is -0.480 e. The van der Waals surface area contributed by atoms with Crippen LogP contribution in [-0.2, 0) is 0 Å². The second-order valence-corrected chi connectivity index (χ2v) is 8.16. The molecule has 0 saturated heterocycles. The predicted molar refractivity (Wildman–Crippen MR) is 117 cm³/mol. The zero-order valence-electron chi connectivity index (χ0n) is 15.9. The van der Waals surface area contributed by atoms with Gasteiger partial charge in [-0.1, -0.05) is 46.5 Å². The maximum Gasteiger partial charge on any atom is 0.248 e. The lowest BCUT2D eigenvalue weighted by molar-refractivity contribution is 0.222. The van der Waals surface area contributed by atoms with Crippen molar-refractivity contribution in [2.75, 3.05) is 5.32 Å². The van der Waals surface area contributed by atoms with E-state index in [-0.39, 0.29) is 6.04 Å². The van der Waals surface area contributed by atoms with Crippen LogP contribution in [0.4, 0.5) is 5.95 Å². The van der Waals surface area contributed by atoms with Crippen LogP contribution in [-0.4, -0.2) is 25.2 Å². The average Bonchev–Trinajstić information content (AvgIpc) is 3.26. The SMILES string of the molecule is Clc1cccc([C@H]2Oc3ccc(Cl)cc3C3=C2[C@@H](c2cccnc2)n2nnnc2N3)c1. The largest absolute Gasteiger partial charge is 0.480 e. The summed E-state index contributed by atoms with van der Waals surface area (Å²) >= 11 is 12.7. The molecule has 0 saturated carbocycles. The topological polar surface area (TPSA) is 77.8 Å². The summed E-state index contributed by atoms with van der Waals surface area (Å²) in [4.78, 5) is 4.32. The molecule has 2 aliphatic heterocycles. The van der Waals surface area contributed by atoms with Crippen LogP contribution in [0.2, 0.25) is 10.0 Å². The molecular weight excluding hydrogens is 435 g/mol. The Bertz CT molecular complexity index is 1340. The monoisotopic (exact) mass is 448 g/mol. The lowest BCUT2D eigenvalue weighted by Crippen LogP contribution is -2.32. The van der Waals surface area contributed by atoms with Crippen LogP contribution in [0.1, 0.15) is 28.8 Å². The van der Waals surface area contributed by atoms with Crippen molar-refractivity contribution in [1.82, 2.24) is 25.2 Å².